The maximum Gasteiger partial charge on any atom is 0.366 e. The van der Waals surface area contributed by atoms with Crippen LogP contribution in [0.2, 0.25) is 0 Å². The lowest BCUT2D eigenvalue weighted by Crippen LogP contribution is -2.53. The van der Waals surface area contributed by atoms with E-state index in [0.29, 0.717) is 29.7 Å². The fourth-order valence-corrected chi connectivity index (χ4v) is 4.31. The number of aliphatic hydroxyl groups is 2. The number of nitrogens with one attached hydrogen (secondary N) is 2. The molecule has 188 valence electrons. The van der Waals surface area contributed by atoms with E-state index in [4.69, 9.17) is 4.74 Å². The zero-order chi connectivity index (χ0) is 25.3. The van der Waals surface area contributed by atoms with Crippen molar-refractivity contribution in [2.24, 2.45) is 0 Å². The number of rotatable bonds is 7. The molecule has 2 amide bonds. The zero-order valence-electron chi connectivity index (χ0n) is 19.4. The number of carbonyl (C=O) groups excluding carboxylic acids is 2. The number of nitrogens with zero attached hydrogens (tertiary/aromatic N) is 2. The predicted octanol–water partition coefficient (Wildman–Crippen LogP) is 1.68. The van der Waals surface area contributed by atoms with E-state index >= 15 is 0 Å². The molecular formula is C24H28F2N4O5. The summed E-state index contributed by atoms with van der Waals surface area (Å²) in [6, 6.07) is 6.81. The van der Waals surface area contributed by atoms with Gasteiger partial charge in [0.25, 0.3) is 5.91 Å². The number of aliphatic hydroxyl groups excluding tert-OH is 2. The SMILES string of the molecule is CC(C)Oc1ccc(C(F)(F)C(=O)NCc2ccc3c(c2)CN(C2CCC(O)NC2=O)C3O)nc1. The molecule has 2 aromatic rings. The Hall–Kier alpha value is -3.15. The number of fused-ring (bicyclic) bond motifs is 1. The summed E-state index contributed by atoms with van der Waals surface area (Å²) in [4.78, 5) is 29.8. The minimum Gasteiger partial charge on any atom is -0.489 e. The molecule has 0 saturated carbocycles. The number of hydrogen-bond acceptors (Lipinski definition) is 7. The van der Waals surface area contributed by atoms with Crippen molar-refractivity contribution < 1.29 is 33.3 Å². The minimum absolute atomic E-state index is 0.139. The van der Waals surface area contributed by atoms with Crippen LogP contribution in [0.4, 0.5) is 8.78 Å². The smallest absolute Gasteiger partial charge is 0.366 e. The van der Waals surface area contributed by atoms with Gasteiger partial charge in [-0.3, -0.25) is 19.5 Å². The Morgan fingerprint density at radius 3 is 2.71 bits per heavy atom. The number of pyridine rings is 1. The number of benzene rings is 1. The normalized spacial score (nSPS) is 22.6. The molecule has 35 heavy (non-hydrogen) atoms. The first kappa shape index (κ1) is 25.0. The molecule has 1 aromatic heterocycles. The Labute approximate surface area is 201 Å². The third-order valence-electron chi connectivity index (χ3n) is 6.05. The lowest BCUT2D eigenvalue weighted by molar-refractivity contribution is -0.147. The Balaban J connectivity index is 1.39. The summed E-state index contributed by atoms with van der Waals surface area (Å²) in [7, 11) is 0. The second-order valence-corrected chi connectivity index (χ2v) is 9.00. The molecule has 1 fully saturated rings. The molecular weight excluding hydrogens is 462 g/mol. The molecule has 1 saturated heterocycles. The van der Waals surface area contributed by atoms with Crippen LogP contribution in [0.5, 0.6) is 5.75 Å². The average Bonchev–Trinajstić information content (AvgIpc) is 3.13. The number of ether oxygens (including phenoxy) is 1. The van der Waals surface area contributed by atoms with Crippen molar-refractivity contribution in [2.45, 2.75) is 70.3 Å². The van der Waals surface area contributed by atoms with E-state index in [9.17, 15) is 28.6 Å². The molecule has 4 rings (SSSR count). The monoisotopic (exact) mass is 490 g/mol. The van der Waals surface area contributed by atoms with Crippen LogP contribution in [-0.2, 0) is 28.6 Å². The first-order chi connectivity index (χ1) is 16.6. The number of piperidine rings is 1. The number of hydrogen-bond donors (Lipinski definition) is 4. The molecule has 0 bridgehead atoms. The summed E-state index contributed by atoms with van der Waals surface area (Å²) >= 11 is 0. The Morgan fingerprint density at radius 2 is 2.06 bits per heavy atom. The van der Waals surface area contributed by atoms with Crippen LogP contribution in [0.25, 0.3) is 0 Å². The third-order valence-corrected chi connectivity index (χ3v) is 6.05. The van der Waals surface area contributed by atoms with Crippen LogP contribution in [-0.4, -0.2) is 50.3 Å². The molecule has 0 spiro atoms. The standard InChI is InChI=1S/C24H28F2N4O5/c1-13(2)35-16-4-7-19(27-11-16)24(25,26)23(34)28-10-14-3-5-17-15(9-14)12-30(22(17)33)18-6-8-20(31)29-21(18)32/h3-5,7,9,11,13,18,20,22,31,33H,6,8,10,12H2,1-2H3,(H,28,34)(H,29,32). The summed E-state index contributed by atoms with van der Waals surface area (Å²) in [6.07, 6.45) is -0.104. The van der Waals surface area contributed by atoms with Gasteiger partial charge in [0.1, 0.15) is 23.9 Å². The second kappa shape index (κ2) is 9.84. The first-order valence-electron chi connectivity index (χ1n) is 11.4. The zero-order valence-corrected chi connectivity index (χ0v) is 19.4. The summed E-state index contributed by atoms with van der Waals surface area (Å²) in [5.74, 6) is -5.35. The number of amides is 2. The van der Waals surface area contributed by atoms with E-state index in [1.807, 2.05) is 0 Å². The van der Waals surface area contributed by atoms with E-state index in [1.54, 1.807) is 36.9 Å². The summed E-state index contributed by atoms with van der Waals surface area (Å²) < 4.78 is 34.6. The molecule has 3 unspecified atom stereocenters. The van der Waals surface area contributed by atoms with Crippen molar-refractivity contribution in [3.05, 3.63) is 58.9 Å². The summed E-state index contributed by atoms with van der Waals surface area (Å²) in [6.45, 7) is 3.72. The highest BCUT2D eigenvalue weighted by molar-refractivity contribution is 5.84. The van der Waals surface area contributed by atoms with Crippen LogP contribution >= 0.6 is 0 Å². The van der Waals surface area contributed by atoms with E-state index in [1.165, 1.54) is 6.07 Å². The van der Waals surface area contributed by atoms with E-state index in [0.717, 1.165) is 17.8 Å². The summed E-state index contributed by atoms with van der Waals surface area (Å²) in [5, 5.41) is 25.0. The van der Waals surface area contributed by atoms with Crippen LogP contribution in [0, 0.1) is 0 Å². The van der Waals surface area contributed by atoms with Crippen LogP contribution < -0.4 is 15.4 Å². The third kappa shape index (κ3) is 5.26. The Kier molecular flexibility index (Phi) is 7.02. The molecule has 4 N–H and O–H groups in total. The highest BCUT2D eigenvalue weighted by atomic mass is 19.3. The Morgan fingerprint density at radius 1 is 1.29 bits per heavy atom. The quantitative estimate of drug-likeness (QED) is 0.466. The maximum atomic E-state index is 14.6. The van der Waals surface area contributed by atoms with Gasteiger partial charge in [-0.15, -0.1) is 0 Å². The lowest BCUT2D eigenvalue weighted by Gasteiger charge is -2.34. The van der Waals surface area contributed by atoms with Gasteiger partial charge in [0.05, 0.1) is 18.3 Å². The number of aromatic nitrogens is 1. The first-order valence-corrected chi connectivity index (χ1v) is 11.4. The summed E-state index contributed by atoms with van der Waals surface area (Å²) in [5.41, 5.74) is 1.23. The number of halogens is 2. The van der Waals surface area contributed by atoms with Crippen LogP contribution in [0.3, 0.4) is 0 Å². The molecule has 11 heteroatoms. The molecule has 2 aliphatic rings. The molecule has 2 aliphatic heterocycles. The van der Waals surface area contributed by atoms with Crippen molar-refractivity contribution in [1.29, 1.82) is 0 Å². The molecule has 9 nitrogen and oxygen atoms in total. The number of alkyl halides is 2. The molecule has 0 aliphatic carbocycles. The average molecular weight is 491 g/mol. The topological polar surface area (TPSA) is 124 Å². The van der Waals surface area contributed by atoms with Crippen molar-refractivity contribution in [3.8, 4) is 5.75 Å². The van der Waals surface area contributed by atoms with E-state index in [-0.39, 0.29) is 25.1 Å². The van der Waals surface area contributed by atoms with Crippen molar-refractivity contribution in [2.75, 3.05) is 0 Å². The highest BCUT2D eigenvalue weighted by Gasteiger charge is 2.43. The van der Waals surface area contributed by atoms with Gasteiger partial charge in [0.2, 0.25) is 5.91 Å². The lowest BCUT2D eigenvalue weighted by atomic mass is 10.0. The van der Waals surface area contributed by atoms with Gasteiger partial charge in [-0.1, -0.05) is 18.2 Å². The Bertz CT molecular complexity index is 1100. The molecule has 1 aromatic carbocycles. The largest absolute Gasteiger partial charge is 0.489 e. The van der Waals surface area contributed by atoms with E-state index in [2.05, 4.69) is 15.6 Å². The van der Waals surface area contributed by atoms with Gasteiger partial charge in [-0.25, -0.2) is 0 Å². The van der Waals surface area contributed by atoms with Crippen LogP contribution in [0.1, 0.15) is 55.3 Å². The van der Waals surface area contributed by atoms with Gasteiger partial charge in [0, 0.05) is 13.1 Å². The fourth-order valence-electron chi connectivity index (χ4n) is 4.31. The van der Waals surface area contributed by atoms with Gasteiger partial charge >= 0.3 is 5.92 Å². The van der Waals surface area contributed by atoms with Crippen molar-refractivity contribution >= 4 is 11.8 Å². The van der Waals surface area contributed by atoms with Crippen LogP contribution in [0.15, 0.2) is 36.5 Å². The molecule has 3 heterocycles. The van der Waals surface area contributed by atoms with Crippen molar-refractivity contribution in [3.63, 3.8) is 0 Å². The van der Waals surface area contributed by atoms with Gasteiger partial charge < -0.3 is 25.6 Å². The van der Waals surface area contributed by atoms with E-state index < -0.39 is 36.0 Å². The number of carbonyl (C=O) groups is 2. The minimum atomic E-state index is -3.83. The molecule has 3 atom stereocenters. The van der Waals surface area contributed by atoms with Crippen molar-refractivity contribution in [1.82, 2.24) is 20.5 Å². The highest BCUT2D eigenvalue weighted by Crippen LogP contribution is 2.36. The van der Waals surface area contributed by atoms with Gasteiger partial charge in [0.15, 0.2) is 0 Å². The molecule has 0 radical (unpaired) electrons. The maximum absolute atomic E-state index is 14.6. The predicted molar refractivity (Wildman–Crippen MR) is 120 cm³/mol. The van der Waals surface area contributed by atoms with Gasteiger partial charge in [-0.2, -0.15) is 8.78 Å². The van der Waals surface area contributed by atoms with Gasteiger partial charge in [-0.05, 0) is 55.5 Å². The second-order valence-electron chi connectivity index (χ2n) is 9.00. The fraction of sp³-hybridized carbons (Fsp3) is 0.458.